The average molecular weight is 292 g/mol. The molecule has 0 fully saturated rings. The lowest BCUT2D eigenvalue weighted by atomic mass is 10.2. The Morgan fingerprint density at radius 2 is 2.00 bits per heavy atom. The third kappa shape index (κ3) is 3.15. The Labute approximate surface area is 123 Å². The van der Waals surface area contributed by atoms with Gasteiger partial charge in [0.2, 0.25) is 0 Å². The summed E-state index contributed by atoms with van der Waals surface area (Å²) >= 11 is 0. The van der Waals surface area contributed by atoms with E-state index in [1.807, 2.05) is 27.7 Å². The third-order valence-electron chi connectivity index (χ3n) is 3.02. The summed E-state index contributed by atoms with van der Waals surface area (Å²) in [4.78, 5) is 4.44. The summed E-state index contributed by atoms with van der Waals surface area (Å²) in [6, 6.07) is 2.84. The second-order valence-electron chi connectivity index (χ2n) is 5.07. The van der Waals surface area contributed by atoms with Gasteiger partial charge in [-0.15, -0.1) is 0 Å². The van der Waals surface area contributed by atoms with E-state index in [9.17, 15) is 4.39 Å². The van der Waals surface area contributed by atoms with Gasteiger partial charge in [-0.05, 0) is 13.8 Å². The zero-order valence-corrected chi connectivity index (χ0v) is 12.9. The van der Waals surface area contributed by atoms with Crippen LogP contribution in [-0.2, 0) is 12.8 Å². The van der Waals surface area contributed by atoms with Gasteiger partial charge in [0, 0.05) is 25.0 Å². The van der Waals surface area contributed by atoms with Crippen molar-refractivity contribution in [2.24, 2.45) is 0 Å². The first-order valence-electron chi connectivity index (χ1n) is 7.17. The third-order valence-corrected chi connectivity index (χ3v) is 3.02. The van der Waals surface area contributed by atoms with Crippen LogP contribution in [0.4, 0.5) is 10.1 Å². The zero-order valence-electron chi connectivity index (χ0n) is 12.9. The molecular weight excluding hydrogens is 271 g/mol. The Bertz CT molecular complexity index is 637. The molecule has 2 aromatic rings. The van der Waals surface area contributed by atoms with Crippen LogP contribution >= 0.6 is 0 Å². The lowest BCUT2D eigenvalue weighted by Gasteiger charge is -2.14. The molecule has 6 heteroatoms. The number of nitrogens with two attached hydrogens (primary N) is 1. The fourth-order valence-corrected chi connectivity index (χ4v) is 2.05. The Morgan fingerprint density at radius 3 is 2.57 bits per heavy atom. The molecule has 2 rings (SSSR count). The highest BCUT2D eigenvalue weighted by atomic mass is 19.1. The molecule has 0 aliphatic heterocycles. The number of benzene rings is 1. The van der Waals surface area contributed by atoms with Crippen molar-refractivity contribution in [3.8, 4) is 11.4 Å². The molecule has 0 unspecified atom stereocenters. The summed E-state index contributed by atoms with van der Waals surface area (Å²) in [5.41, 5.74) is 6.85. The maximum atomic E-state index is 13.9. The van der Waals surface area contributed by atoms with Gasteiger partial charge in [-0.2, -0.15) is 5.10 Å². The highest BCUT2D eigenvalue weighted by Crippen LogP contribution is 2.28. The standard InChI is InChI=1S/C15H21FN4O/c1-5-14-18-15(6-2)20(19-14)12-8-13(21-9(3)4)10(16)7-11(12)17/h7-9H,5-6,17H2,1-4H3. The van der Waals surface area contributed by atoms with Gasteiger partial charge in [0.05, 0.1) is 17.5 Å². The van der Waals surface area contributed by atoms with Gasteiger partial charge < -0.3 is 10.5 Å². The van der Waals surface area contributed by atoms with E-state index in [2.05, 4.69) is 10.1 Å². The summed E-state index contributed by atoms with van der Waals surface area (Å²) in [6.07, 6.45) is 1.32. The van der Waals surface area contributed by atoms with Crippen molar-refractivity contribution >= 4 is 5.69 Å². The maximum Gasteiger partial charge on any atom is 0.167 e. The molecule has 0 saturated carbocycles. The van der Waals surface area contributed by atoms with Gasteiger partial charge in [0.1, 0.15) is 5.82 Å². The van der Waals surface area contributed by atoms with Crippen molar-refractivity contribution in [3.63, 3.8) is 0 Å². The first-order chi connectivity index (χ1) is 9.96. The van der Waals surface area contributed by atoms with Gasteiger partial charge in [-0.1, -0.05) is 13.8 Å². The molecule has 0 saturated heterocycles. The monoisotopic (exact) mass is 292 g/mol. The molecule has 0 aliphatic rings. The number of aryl methyl sites for hydroxylation is 2. The van der Waals surface area contributed by atoms with Crippen LogP contribution in [0, 0.1) is 5.82 Å². The first kappa shape index (κ1) is 15.3. The highest BCUT2D eigenvalue weighted by molar-refractivity contribution is 5.61. The topological polar surface area (TPSA) is 66.0 Å². The highest BCUT2D eigenvalue weighted by Gasteiger charge is 2.16. The van der Waals surface area contributed by atoms with E-state index in [-0.39, 0.29) is 11.9 Å². The molecular formula is C15H21FN4O. The fraction of sp³-hybridized carbons (Fsp3) is 0.467. The molecule has 0 bridgehead atoms. The Balaban J connectivity index is 2.55. The molecule has 1 aromatic heterocycles. The van der Waals surface area contributed by atoms with Gasteiger partial charge in [-0.25, -0.2) is 14.1 Å². The number of aromatic nitrogens is 3. The van der Waals surface area contributed by atoms with E-state index in [1.165, 1.54) is 6.07 Å². The van der Waals surface area contributed by atoms with Crippen LogP contribution in [-0.4, -0.2) is 20.9 Å². The minimum atomic E-state index is -0.473. The molecule has 0 spiro atoms. The van der Waals surface area contributed by atoms with Crippen LogP contribution in [0.2, 0.25) is 0 Å². The predicted molar refractivity (Wildman–Crippen MR) is 80.2 cm³/mol. The normalized spacial score (nSPS) is 11.1. The predicted octanol–water partition coefficient (Wildman–Crippen LogP) is 2.90. The van der Waals surface area contributed by atoms with Crippen molar-refractivity contribution in [2.45, 2.75) is 46.6 Å². The lowest BCUT2D eigenvalue weighted by molar-refractivity contribution is 0.231. The minimum absolute atomic E-state index is 0.122. The molecule has 0 atom stereocenters. The van der Waals surface area contributed by atoms with Crippen LogP contribution in [0.15, 0.2) is 12.1 Å². The number of hydrogen-bond donors (Lipinski definition) is 1. The second kappa shape index (κ2) is 6.11. The number of nitrogen functional groups attached to an aromatic ring is 1. The molecule has 21 heavy (non-hydrogen) atoms. The van der Waals surface area contributed by atoms with E-state index in [4.69, 9.17) is 10.5 Å². The Kier molecular flexibility index (Phi) is 4.45. The van der Waals surface area contributed by atoms with Crippen molar-refractivity contribution in [1.82, 2.24) is 14.8 Å². The summed E-state index contributed by atoms with van der Waals surface area (Å²) < 4.78 is 21.1. The van der Waals surface area contributed by atoms with Crippen LogP contribution in [0.1, 0.15) is 39.3 Å². The van der Waals surface area contributed by atoms with Crippen molar-refractivity contribution < 1.29 is 9.13 Å². The van der Waals surface area contributed by atoms with Crippen LogP contribution in [0.5, 0.6) is 5.75 Å². The molecule has 0 radical (unpaired) electrons. The van der Waals surface area contributed by atoms with Gasteiger partial charge in [-0.3, -0.25) is 0 Å². The number of hydrogen-bond acceptors (Lipinski definition) is 4. The molecule has 0 aliphatic carbocycles. The summed E-state index contributed by atoms with van der Waals surface area (Å²) in [7, 11) is 0. The van der Waals surface area contributed by atoms with Crippen molar-refractivity contribution in [2.75, 3.05) is 5.73 Å². The number of anilines is 1. The number of ether oxygens (including phenoxy) is 1. The summed E-state index contributed by atoms with van der Waals surface area (Å²) in [6.45, 7) is 7.67. The number of halogens is 1. The minimum Gasteiger partial charge on any atom is -0.488 e. The van der Waals surface area contributed by atoms with Gasteiger partial charge >= 0.3 is 0 Å². The van der Waals surface area contributed by atoms with Gasteiger partial charge in [0.25, 0.3) is 0 Å². The average Bonchev–Trinajstić information content (AvgIpc) is 2.84. The maximum absolute atomic E-state index is 13.9. The van der Waals surface area contributed by atoms with Crippen molar-refractivity contribution in [3.05, 3.63) is 29.6 Å². The van der Waals surface area contributed by atoms with Crippen molar-refractivity contribution in [1.29, 1.82) is 0 Å². The van der Waals surface area contributed by atoms with E-state index in [0.29, 0.717) is 17.8 Å². The van der Waals surface area contributed by atoms with Gasteiger partial charge in [0.15, 0.2) is 17.4 Å². The van der Waals surface area contributed by atoms with Crippen LogP contribution in [0.3, 0.4) is 0 Å². The molecule has 1 aromatic carbocycles. The van der Waals surface area contributed by atoms with E-state index in [0.717, 1.165) is 18.1 Å². The SMILES string of the molecule is CCc1nc(CC)n(-c2cc(OC(C)C)c(F)cc2N)n1. The molecule has 1 heterocycles. The van der Waals surface area contributed by atoms with E-state index >= 15 is 0 Å². The largest absolute Gasteiger partial charge is 0.488 e. The van der Waals surface area contributed by atoms with Crippen LogP contribution < -0.4 is 10.5 Å². The fourth-order valence-electron chi connectivity index (χ4n) is 2.05. The zero-order chi connectivity index (χ0) is 15.6. The quantitative estimate of drug-likeness (QED) is 0.861. The number of nitrogens with zero attached hydrogens (tertiary/aromatic N) is 3. The van der Waals surface area contributed by atoms with E-state index < -0.39 is 5.82 Å². The Hall–Kier alpha value is -2.11. The molecule has 2 N–H and O–H groups in total. The number of rotatable bonds is 5. The molecule has 0 amide bonds. The first-order valence-corrected chi connectivity index (χ1v) is 7.17. The summed E-state index contributed by atoms with van der Waals surface area (Å²) in [5.74, 6) is 1.23. The molecule has 114 valence electrons. The van der Waals surface area contributed by atoms with E-state index in [1.54, 1.807) is 10.7 Å². The summed E-state index contributed by atoms with van der Waals surface area (Å²) in [5, 5.41) is 4.43. The van der Waals surface area contributed by atoms with Crippen LogP contribution in [0.25, 0.3) is 5.69 Å². The Morgan fingerprint density at radius 1 is 1.29 bits per heavy atom. The lowest BCUT2D eigenvalue weighted by Crippen LogP contribution is -2.10. The second-order valence-corrected chi connectivity index (χ2v) is 5.07. The molecule has 5 nitrogen and oxygen atoms in total. The smallest absolute Gasteiger partial charge is 0.167 e.